The van der Waals surface area contributed by atoms with Crippen LogP contribution in [0.1, 0.15) is 16.8 Å². The first-order valence-electron chi connectivity index (χ1n) is 9.38. The van der Waals surface area contributed by atoms with Gasteiger partial charge in [0.05, 0.1) is 19.3 Å². The molecule has 2 heterocycles. The number of aromatic nitrogens is 1. The Hall–Kier alpha value is -2.76. The molecule has 0 aliphatic carbocycles. The van der Waals surface area contributed by atoms with E-state index in [0.29, 0.717) is 6.54 Å². The fraction of sp³-hybridized carbons (Fsp3) is 0.429. The molecule has 1 aromatic carbocycles. The van der Waals surface area contributed by atoms with Gasteiger partial charge < -0.3 is 19.9 Å². The van der Waals surface area contributed by atoms with E-state index in [2.05, 4.69) is 62.3 Å². The van der Waals surface area contributed by atoms with Gasteiger partial charge in [-0.05, 0) is 26.0 Å². The Labute approximate surface area is 161 Å². The van der Waals surface area contributed by atoms with Crippen LogP contribution in [0.3, 0.4) is 0 Å². The van der Waals surface area contributed by atoms with E-state index in [4.69, 9.17) is 4.74 Å². The minimum atomic E-state index is 0.633. The SMILES string of the molecule is CN=C(NCc1ncc(C)c(OC)c1C)N1CCN(c2ccccc2)CC1. The van der Waals surface area contributed by atoms with Gasteiger partial charge in [-0.15, -0.1) is 0 Å². The van der Waals surface area contributed by atoms with Crippen LogP contribution in [0, 0.1) is 13.8 Å². The van der Waals surface area contributed by atoms with Gasteiger partial charge in [0.1, 0.15) is 5.75 Å². The number of para-hydroxylation sites is 1. The number of aryl methyl sites for hydroxylation is 1. The number of nitrogens with one attached hydrogen (secondary N) is 1. The molecular weight excluding hydrogens is 338 g/mol. The second-order valence-corrected chi connectivity index (χ2v) is 6.76. The van der Waals surface area contributed by atoms with E-state index in [-0.39, 0.29) is 0 Å². The largest absolute Gasteiger partial charge is 0.496 e. The van der Waals surface area contributed by atoms with Gasteiger partial charge >= 0.3 is 0 Å². The molecule has 0 atom stereocenters. The topological polar surface area (TPSA) is 53.0 Å². The van der Waals surface area contributed by atoms with Gasteiger partial charge in [-0.25, -0.2) is 0 Å². The molecule has 0 unspecified atom stereocenters. The van der Waals surface area contributed by atoms with Crippen LogP contribution in [0.25, 0.3) is 0 Å². The van der Waals surface area contributed by atoms with E-state index in [9.17, 15) is 0 Å². The van der Waals surface area contributed by atoms with Crippen molar-refractivity contribution in [2.24, 2.45) is 4.99 Å². The minimum Gasteiger partial charge on any atom is -0.496 e. The molecule has 0 bridgehead atoms. The van der Waals surface area contributed by atoms with Gasteiger partial charge in [-0.3, -0.25) is 9.98 Å². The van der Waals surface area contributed by atoms with Crippen molar-refractivity contribution in [2.45, 2.75) is 20.4 Å². The lowest BCUT2D eigenvalue weighted by atomic mass is 10.1. The first kappa shape index (κ1) is 19.0. The molecule has 1 N–H and O–H groups in total. The number of aliphatic imine (C=N–C) groups is 1. The van der Waals surface area contributed by atoms with Crippen LogP contribution in [-0.4, -0.2) is 56.2 Å². The monoisotopic (exact) mass is 367 g/mol. The number of hydrogen-bond acceptors (Lipinski definition) is 4. The third-order valence-corrected chi connectivity index (χ3v) is 5.08. The molecule has 1 aliphatic rings. The number of ether oxygens (including phenoxy) is 1. The summed E-state index contributed by atoms with van der Waals surface area (Å²) in [7, 11) is 3.54. The molecule has 1 aromatic heterocycles. The molecule has 1 saturated heterocycles. The highest BCUT2D eigenvalue weighted by Crippen LogP contribution is 2.23. The Morgan fingerprint density at radius 1 is 1.15 bits per heavy atom. The highest BCUT2D eigenvalue weighted by atomic mass is 16.5. The van der Waals surface area contributed by atoms with Crippen molar-refractivity contribution in [3.8, 4) is 5.75 Å². The summed E-state index contributed by atoms with van der Waals surface area (Å²) in [6, 6.07) is 10.6. The first-order chi connectivity index (χ1) is 13.1. The van der Waals surface area contributed by atoms with Crippen LogP contribution >= 0.6 is 0 Å². The number of anilines is 1. The summed E-state index contributed by atoms with van der Waals surface area (Å²) >= 11 is 0. The Bertz CT molecular complexity index is 783. The summed E-state index contributed by atoms with van der Waals surface area (Å²) in [5, 5.41) is 3.46. The quantitative estimate of drug-likeness (QED) is 0.665. The van der Waals surface area contributed by atoms with Gasteiger partial charge in [0.25, 0.3) is 0 Å². The van der Waals surface area contributed by atoms with Crippen molar-refractivity contribution in [3.05, 3.63) is 53.3 Å². The van der Waals surface area contributed by atoms with Crippen molar-refractivity contribution < 1.29 is 4.74 Å². The number of benzene rings is 1. The molecule has 27 heavy (non-hydrogen) atoms. The van der Waals surface area contributed by atoms with Gasteiger partial charge in [0, 0.05) is 56.2 Å². The molecule has 0 spiro atoms. The lowest BCUT2D eigenvalue weighted by Crippen LogP contribution is -2.52. The zero-order valence-corrected chi connectivity index (χ0v) is 16.7. The van der Waals surface area contributed by atoms with Crippen LogP contribution in [0.5, 0.6) is 5.75 Å². The Morgan fingerprint density at radius 3 is 2.48 bits per heavy atom. The van der Waals surface area contributed by atoms with Crippen molar-refractivity contribution in [3.63, 3.8) is 0 Å². The van der Waals surface area contributed by atoms with Crippen molar-refractivity contribution in [1.29, 1.82) is 0 Å². The van der Waals surface area contributed by atoms with E-state index >= 15 is 0 Å². The van der Waals surface area contributed by atoms with Crippen molar-refractivity contribution >= 4 is 11.6 Å². The minimum absolute atomic E-state index is 0.633. The van der Waals surface area contributed by atoms with E-state index in [1.54, 1.807) is 7.11 Å². The van der Waals surface area contributed by atoms with Gasteiger partial charge in [-0.1, -0.05) is 18.2 Å². The molecule has 1 fully saturated rings. The lowest BCUT2D eigenvalue weighted by molar-refractivity contribution is 0.372. The molecule has 1 aliphatic heterocycles. The fourth-order valence-corrected chi connectivity index (χ4v) is 3.56. The average molecular weight is 367 g/mol. The predicted octanol–water partition coefficient (Wildman–Crippen LogP) is 2.60. The van der Waals surface area contributed by atoms with E-state index in [0.717, 1.165) is 54.7 Å². The third-order valence-electron chi connectivity index (χ3n) is 5.08. The van der Waals surface area contributed by atoms with Gasteiger partial charge in [-0.2, -0.15) is 0 Å². The molecular formula is C21H29N5O. The molecule has 0 radical (unpaired) electrons. The Kier molecular flexibility index (Phi) is 6.16. The highest BCUT2D eigenvalue weighted by Gasteiger charge is 2.20. The fourth-order valence-electron chi connectivity index (χ4n) is 3.56. The summed E-state index contributed by atoms with van der Waals surface area (Å²) in [5.41, 5.74) is 4.41. The summed E-state index contributed by atoms with van der Waals surface area (Å²) in [4.78, 5) is 13.8. The van der Waals surface area contributed by atoms with E-state index < -0.39 is 0 Å². The second-order valence-electron chi connectivity index (χ2n) is 6.76. The molecule has 0 amide bonds. The zero-order chi connectivity index (χ0) is 19.2. The van der Waals surface area contributed by atoms with E-state index in [1.165, 1.54) is 5.69 Å². The predicted molar refractivity (Wildman–Crippen MR) is 111 cm³/mol. The van der Waals surface area contributed by atoms with Crippen molar-refractivity contribution in [1.82, 2.24) is 15.2 Å². The maximum Gasteiger partial charge on any atom is 0.194 e. The summed E-state index contributed by atoms with van der Waals surface area (Å²) < 4.78 is 5.51. The van der Waals surface area contributed by atoms with Crippen molar-refractivity contribution in [2.75, 3.05) is 45.2 Å². The second kappa shape index (κ2) is 8.75. The molecule has 144 valence electrons. The molecule has 2 aromatic rings. The van der Waals surface area contributed by atoms with Crippen LogP contribution in [0.15, 0.2) is 41.5 Å². The maximum atomic E-state index is 5.51. The summed E-state index contributed by atoms with van der Waals surface area (Å²) in [5.74, 6) is 1.83. The van der Waals surface area contributed by atoms with Gasteiger partial charge in [0.2, 0.25) is 0 Å². The van der Waals surface area contributed by atoms with E-state index in [1.807, 2.05) is 20.2 Å². The summed E-state index contributed by atoms with van der Waals surface area (Å²) in [6.07, 6.45) is 1.87. The number of guanidine groups is 1. The molecule has 6 heteroatoms. The van der Waals surface area contributed by atoms with Gasteiger partial charge in [0.15, 0.2) is 5.96 Å². The maximum absolute atomic E-state index is 5.51. The van der Waals surface area contributed by atoms with Crippen LogP contribution in [0.2, 0.25) is 0 Å². The average Bonchev–Trinajstić information content (AvgIpc) is 2.71. The number of nitrogens with zero attached hydrogens (tertiary/aromatic N) is 4. The molecule has 3 rings (SSSR count). The number of piperazine rings is 1. The van der Waals surface area contributed by atoms with Crippen LogP contribution in [0.4, 0.5) is 5.69 Å². The Morgan fingerprint density at radius 2 is 1.85 bits per heavy atom. The molecule has 0 saturated carbocycles. The number of rotatable bonds is 4. The van der Waals surface area contributed by atoms with Crippen LogP contribution in [-0.2, 0) is 6.54 Å². The first-order valence-corrected chi connectivity index (χ1v) is 9.38. The normalized spacial score (nSPS) is 15.0. The third kappa shape index (κ3) is 4.32. The summed E-state index contributed by atoms with van der Waals surface area (Å²) in [6.45, 7) is 8.56. The Balaban J connectivity index is 1.59. The number of hydrogen-bond donors (Lipinski definition) is 1. The zero-order valence-electron chi connectivity index (χ0n) is 16.7. The van der Waals surface area contributed by atoms with Crippen LogP contribution < -0.4 is 15.0 Å². The standard InChI is InChI=1S/C21H29N5O/c1-16-14-23-19(17(2)20(16)27-4)15-24-21(22-3)26-12-10-25(11-13-26)18-8-6-5-7-9-18/h5-9,14H,10-13,15H2,1-4H3,(H,22,24). The molecule has 6 nitrogen and oxygen atoms in total. The smallest absolute Gasteiger partial charge is 0.194 e. The number of methoxy groups -OCH3 is 1. The highest BCUT2D eigenvalue weighted by molar-refractivity contribution is 5.80. The lowest BCUT2D eigenvalue weighted by Gasteiger charge is -2.37. The number of pyridine rings is 1.